The number of ketones is 1. The minimum absolute atomic E-state index is 0.0389. The normalized spacial score (nSPS) is 17.8. The van der Waals surface area contributed by atoms with Crippen LogP contribution in [0.1, 0.15) is 33.1 Å². The molecule has 0 radical (unpaired) electrons. The molecule has 9 nitrogen and oxygen atoms in total. The fourth-order valence-electron chi connectivity index (χ4n) is 4.58. The van der Waals surface area contributed by atoms with E-state index in [4.69, 9.17) is 18.9 Å². The number of methoxy groups -OCH3 is 2. The third-order valence-electron chi connectivity index (χ3n) is 6.52. The van der Waals surface area contributed by atoms with Crippen molar-refractivity contribution in [1.82, 2.24) is 4.90 Å². The molecule has 3 aromatic carbocycles. The maximum absolute atomic E-state index is 13.3. The van der Waals surface area contributed by atoms with Crippen molar-refractivity contribution >= 4 is 23.4 Å². The number of aliphatic hydroxyl groups excluding tert-OH is 1. The average Bonchev–Trinajstić information content (AvgIpc) is 3.21. The summed E-state index contributed by atoms with van der Waals surface area (Å²) in [6.45, 7) is 0.852. The quantitative estimate of drug-likeness (QED) is 0.228. The van der Waals surface area contributed by atoms with Gasteiger partial charge in [0.15, 0.2) is 11.5 Å². The van der Waals surface area contributed by atoms with E-state index in [1.807, 2.05) is 0 Å². The summed E-state index contributed by atoms with van der Waals surface area (Å²) in [5, 5.41) is 11.4. The highest BCUT2D eigenvalue weighted by molar-refractivity contribution is 6.46. The monoisotopic (exact) mass is 515 g/mol. The van der Waals surface area contributed by atoms with E-state index in [1.165, 1.54) is 12.0 Å². The second-order valence-corrected chi connectivity index (χ2v) is 8.75. The van der Waals surface area contributed by atoms with Crippen molar-refractivity contribution < 1.29 is 38.4 Å². The average molecular weight is 516 g/mol. The number of fused-ring (bicyclic) bond motifs is 1. The summed E-state index contributed by atoms with van der Waals surface area (Å²) in [7, 11) is 2.84. The zero-order chi connectivity index (χ0) is 26.8. The highest BCUT2D eigenvalue weighted by Crippen LogP contribution is 2.42. The van der Waals surface area contributed by atoms with E-state index in [0.29, 0.717) is 52.7 Å². The molecule has 5 rings (SSSR count). The van der Waals surface area contributed by atoms with Gasteiger partial charge < -0.3 is 29.0 Å². The van der Waals surface area contributed by atoms with Gasteiger partial charge in [0.1, 0.15) is 24.7 Å². The number of esters is 1. The minimum Gasteiger partial charge on any atom is -0.507 e. The molecule has 1 saturated heterocycles. The summed E-state index contributed by atoms with van der Waals surface area (Å²) < 4.78 is 21.2. The van der Waals surface area contributed by atoms with Gasteiger partial charge in [-0.3, -0.25) is 9.59 Å². The van der Waals surface area contributed by atoms with Gasteiger partial charge in [0.05, 0.1) is 31.4 Å². The number of hydrogen-bond acceptors (Lipinski definition) is 8. The molecule has 9 heteroatoms. The van der Waals surface area contributed by atoms with E-state index in [2.05, 4.69) is 0 Å². The second-order valence-electron chi connectivity index (χ2n) is 8.75. The third kappa shape index (κ3) is 4.54. The number of Topliss-reactive ketones (excluding diaryl/α,β-unsaturated/α-hetero) is 1. The number of nitrogens with zero attached hydrogens (tertiary/aromatic N) is 1. The number of carbonyl (C=O) groups is 3. The van der Waals surface area contributed by atoms with Crippen LogP contribution in [0.5, 0.6) is 17.2 Å². The Bertz CT molecular complexity index is 1430. The van der Waals surface area contributed by atoms with Gasteiger partial charge in [0.25, 0.3) is 11.7 Å². The molecule has 1 fully saturated rings. The van der Waals surface area contributed by atoms with Gasteiger partial charge >= 0.3 is 5.97 Å². The maximum Gasteiger partial charge on any atom is 0.337 e. The molecule has 1 amide bonds. The van der Waals surface area contributed by atoms with Crippen LogP contribution in [0.4, 0.5) is 0 Å². The van der Waals surface area contributed by atoms with Crippen LogP contribution in [-0.4, -0.2) is 55.1 Å². The largest absolute Gasteiger partial charge is 0.507 e. The van der Waals surface area contributed by atoms with E-state index in [0.717, 1.165) is 0 Å². The Morgan fingerprint density at radius 2 is 1.58 bits per heavy atom. The molecular formula is C29H25NO8. The second kappa shape index (κ2) is 10.3. The summed E-state index contributed by atoms with van der Waals surface area (Å²) in [4.78, 5) is 39.9. The molecule has 194 valence electrons. The van der Waals surface area contributed by atoms with Gasteiger partial charge in [-0.2, -0.15) is 0 Å². The molecule has 1 N–H and O–H groups in total. The Morgan fingerprint density at radius 1 is 0.921 bits per heavy atom. The molecule has 1 unspecified atom stereocenters. The molecule has 0 aromatic heterocycles. The summed E-state index contributed by atoms with van der Waals surface area (Å²) in [6, 6.07) is 17.5. The molecule has 0 aliphatic carbocycles. The number of hydrogen-bond donors (Lipinski definition) is 1. The van der Waals surface area contributed by atoms with Gasteiger partial charge in [-0.1, -0.05) is 24.3 Å². The lowest BCUT2D eigenvalue weighted by molar-refractivity contribution is -0.140. The molecule has 0 spiro atoms. The van der Waals surface area contributed by atoms with Crippen LogP contribution in [0.2, 0.25) is 0 Å². The Labute approximate surface area is 218 Å². The van der Waals surface area contributed by atoms with Gasteiger partial charge in [-0.25, -0.2) is 4.79 Å². The van der Waals surface area contributed by atoms with E-state index in [1.54, 1.807) is 73.8 Å². The number of aliphatic hydroxyl groups is 1. The van der Waals surface area contributed by atoms with Crippen LogP contribution >= 0.6 is 0 Å². The molecule has 38 heavy (non-hydrogen) atoms. The number of benzene rings is 3. The standard InChI is InChI=1S/C29H25NO8/c1-35-21-10-7-18(8-11-21)25-24(26(31)20-9-12-22-23(15-20)38-14-13-37-22)27(32)28(33)30(25)16-17-3-5-19(6-4-17)29(34)36-2/h3-12,15,25,31H,13-14,16H2,1-2H3/b26-24-. The molecule has 0 bridgehead atoms. The molecule has 1 atom stereocenters. The number of likely N-dealkylation sites (tertiary alicyclic amines) is 1. The van der Waals surface area contributed by atoms with Gasteiger partial charge in [0.2, 0.25) is 0 Å². The van der Waals surface area contributed by atoms with Gasteiger partial charge in [-0.15, -0.1) is 0 Å². The third-order valence-corrected chi connectivity index (χ3v) is 6.52. The first-order valence-electron chi connectivity index (χ1n) is 11.9. The Kier molecular flexibility index (Phi) is 6.74. The molecular weight excluding hydrogens is 490 g/mol. The number of carbonyl (C=O) groups excluding carboxylic acids is 3. The van der Waals surface area contributed by atoms with E-state index in [-0.39, 0.29) is 17.9 Å². The predicted octanol–water partition coefficient (Wildman–Crippen LogP) is 3.87. The highest BCUT2D eigenvalue weighted by Gasteiger charge is 2.46. The first-order chi connectivity index (χ1) is 18.4. The lowest BCUT2D eigenvalue weighted by Gasteiger charge is -2.26. The fraction of sp³-hybridized carbons (Fsp3) is 0.207. The number of amides is 1. The molecule has 3 aromatic rings. The van der Waals surface area contributed by atoms with Crippen molar-refractivity contribution in [2.75, 3.05) is 27.4 Å². The number of ether oxygens (including phenoxy) is 4. The SMILES string of the molecule is COC(=O)c1ccc(CN2C(=O)C(=O)/C(=C(\O)c3ccc4c(c3)OCCO4)C2c2ccc(OC)cc2)cc1. The van der Waals surface area contributed by atoms with E-state index >= 15 is 0 Å². The predicted molar refractivity (Wildman–Crippen MR) is 136 cm³/mol. The van der Waals surface area contributed by atoms with E-state index in [9.17, 15) is 19.5 Å². The summed E-state index contributed by atoms with van der Waals surface area (Å²) in [6.07, 6.45) is 0. The first-order valence-corrected chi connectivity index (χ1v) is 11.9. The van der Waals surface area contributed by atoms with Crippen molar-refractivity contribution in [1.29, 1.82) is 0 Å². The lowest BCUT2D eigenvalue weighted by Crippen LogP contribution is -2.29. The Balaban J connectivity index is 1.57. The molecule has 2 aliphatic heterocycles. The van der Waals surface area contributed by atoms with Crippen LogP contribution in [0.3, 0.4) is 0 Å². The topological polar surface area (TPSA) is 112 Å². The van der Waals surface area contributed by atoms with Crippen LogP contribution in [0.15, 0.2) is 72.3 Å². The van der Waals surface area contributed by atoms with E-state index < -0.39 is 23.7 Å². The molecule has 2 aliphatic rings. The van der Waals surface area contributed by atoms with Gasteiger partial charge in [-0.05, 0) is 53.6 Å². The van der Waals surface area contributed by atoms with Crippen molar-refractivity contribution in [2.45, 2.75) is 12.6 Å². The van der Waals surface area contributed by atoms with Crippen molar-refractivity contribution in [3.05, 3.63) is 94.6 Å². The first kappa shape index (κ1) is 24.9. The number of rotatable bonds is 6. The smallest absolute Gasteiger partial charge is 0.337 e. The summed E-state index contributed by atoms with van der Waals surface area (Å²) >= 11 is 0. The summed E-state index contributed by atoms with van der Waals surface area (Å²) in [5.74, 6) is -0.752. The molecule has 2 heterocycles. The van der Waals surface area contributed by atoms with Gasteiger partial charge in [0, 0.05) is 12.1 Å². The fourth-order valence-corrected chi connectivity index (χ4v) is 4.58. The minimum atomic E-state index is -0.866. The van der Waals surface area contributed by atoms with Crippen molar-refractivity contribution in [2.24, 2.45) is 0 Å². The van der Waals surface area contributed by atoms with Crippen LogP contribution in [0, 0.1) is 0 Å². The van der Waals surface area contributed by atoms with Crippen molar-refractivity contribution in [3.8, 4) is 17.2 Å². The van der Waals surface area contributed by atoms with Crippen LogP contribution in [0.25, 0.3) is 5.76 Å². The summed E-state index contributed by atoms with van der Waals surface area (Å²) in [5.41, 5.74) is 1.97. The highest BCUT2D eigenvalue weighted by atomic mass is 16.6. The zero-order valence-corrected chi connectivity index (χ0v) is 20.8. The Morgan fingerprint density at radius 3 is 2.24 bits per heavy atom. The lowest BCUT2D eigenvalue weighted by atomic mass is 9.95. The Hall–Kier alpha value is -4.79. The maximum atomic E-state index is 13.3. The van der Waals surface area contributed by atoms with Crippen molar-refractivity contribution in [3.63, 3.8) is 0 Å². The van der Waals surface area contributed by atoms with Crippen LogP contribution in [-0.2, 0) is 20.9 Å². The van der Waals surface area contributed by atoms with Crippen LogP contribution < -0.4 is 14.2 Å². The zero-order valence-electron chi connectivity index (χ0n) is 20.8. The molecule has 0 saturated carbocycles.